The molecule has 1 aromatic rings. The number of carbonyl (C=O) groups is 1. The number of ketones is 1. The topological polar surface area (TPSA) is 17.1 Å². The van der Waals surface area contributed by atoms with Gasteiger partial charge in [-0.25, -0.2) is 0 Å². The molecule has 0 saturated heterocycles. The van der Waals surface area contributed by atoms with Crippen molar-refractivity contribution in [2.75, 3.05) is 0 Å². The second-order valence-corrected chi connectivity index (χ2v) is 6.69. The fourth-order valence-electron chi connectivity index (χ4n) is 2.29. The van der Waals surface area contributed by atoms with E-state index in [4.69, 9.17) is 11.6 Å². The Morgan fingerprint density at radius 1 is 1.35 bits per heavy atom. The molecule has 0 heterocycles. The van der Waals surface area contributed by atoms with E-state index in [0.717, 1.165) is 23.4 Å². The lowest BCUT2D eigenvalue weighted by molar-refractivity contribution is -0.123. The van der Waals surface area contributed by atoms with Crippen molar-refractivity contribution in [3.8, 4) is 0 Å². The molecule has 1 aromatic carbocycles. The number of hydrogen-bond donors (Lipinski definition) is 0. The van der Waals surface area contributed by atoms with Crippen LogP contribution < -0.4 is 0 Å². The highest BCUT2D eigenvalue weighted by atomic mass is 35.5. The maximum absolute atomic E-state index is 12.4. The van der Waals surface area contributed by atoms with Crippen molar-refractivity contribution in [2.45, 2.75) is 45.4 Å². The molecule has 1 nitrogen and oxygen atoms in total. The summed E-state index contributed by atoms with van der Waals surface area (Å²) in [4.78, 5) is 12.4. The number of halogens is 1. The first-order valence-corrected chi connectivity index (χ1v) is 6.51. The van der Waals surface area contributed by atoms with Crippen molar-refractivity contribution in [1.82, 2.24) is 0 Å². The minimum absolute atomic E-state index is 0.0608. The molecule has 1 aliphatic carbocycles. The van der Waals surface area contributed by atoms with Crippen LogP contribution in [0.5, 0.6) is 0 Å². The normalized spacial score (nSPS) is 17.9. The van der Waals surface area contributed by atoms with E-state index >= 15 is 0 Å². The summed E-state index contributed by atoms with van der Waals surface area (Å²) in [5.41, 5.74) is 0.933. The van der Waals surface area contributed by atoms with Crippen LogP contribution in [0.2, 0.25) is 5.02 Å². The second-order valence-electron chi connectivity index (χ2n) is 6.25. The molecule has 0 radical (unpaired) electrons. The smallest absolute Gasteiger partial charge is 0.143 e. The van der Waals surface area contributed by atoms with Crippen molar-refractivity contribution < 1.29 is 4.79 Å². The van der Waals surface area contributed by atoms with E-state index < -0.39 is 0 Å². The van der Waals surface area contributed by atoms with E-state index in [1.807, 2.05) is 24.3 Å². The lowest BCUT2D eigenvalue weighted by atomic mass is 9.81. The van der Waals surface area contributed by atoms with Gasteiger partial charge in [0.25, 0.3) is 0 Å². The maximum atomic E-state index is 12.4. The number of benzene rings is 1. The molecule has 0 amide bonds. The first-order valence-electron chi connectivity index (χ1n) is 6.13. The summed E-state index contributed by atoms with van der Waals surface area (Å²) in [5, 5.41) is 0.720. The average molecular weight is 251 g/mol. The maximum Gasteiger partial charge on any atom is 0.143 e. The Balaban J connectivity index is 2.23. The fourth-order valence-corrected chi connectivity index (χ4v) is 2.48. The highest BCUT2D eigenvalue weighted by Gasteiger charge is 2.51. The SMILES string of the molecule is CC(C)(C)CC(=O)C1(c2cccc(Cl)c2)CC1. The minimum atomic E-state index is -0.224. The molecule has 0 atom stereocenters. The molecule has 2 rings (SSSR count). The number of hydrogen-bond acceptors (Lipinski definition) is 1. The third-order valence-electron chi connectivity index (χ3n) is 3.35. The third kappa shape index (κ3) is 2.71. The van der Waals surface area contributed by atoms with Gasteiger partial charge in [-0.05, 0) is 36.0 Å². The third-order valence-corrected chi connectivity index (χ3v) is 3.59. The zero-order valence-electron chi connectivity index (χ0n) is 10.7. The Hall–Kier alpha value is -0.820. The molecule has 0 spiro atoms. The van der Waals surface area contributed by atoms with Gasteiger partial charge >= 0.3 is 0 Å². The molecule has 2 heteroatoms. The Labute approximate surface area is 108 Å². The zero-order valence-corrected chi connectivity index (χ0v) is 11.5. The van der Waals surface area contributed by atoms with Gasteiger partial charge < -0.3 is 0 Å². The molecular weight excluding hydrogens is 232 g/mol. The van der Waals surface area contributed by atoms with E-state index in [1.54, 1.807) is 0 Å². The summed E-state index contributed by atoms with van der Waals surface area (Å²) in [6, 6.07) is 7.76. The van der Waals surface area contributed by atoms with Crippen LogP contribution in [0.25, 0.3) is 0 Å². The van der Waals surface area contributed by atoms with Crippen molar-refractivity contribution >= 4 is 17.4 Å². The number of Topliss-reactive ketones (excluding diaryl/α,β-unsaturated/α-hetero) is 1. The molecule has 1 saturated carbocycles. The number of rotatable bonds is 3. The largest absolute Gasteiger partial charge is 0.299 e. The van der Waals surface area contributed by atoms with Crippen LogP contribution in [-0.2, 0) is 10.2 Å². The summed E-state index contributed by atoms with van der Waals surface area (Å²) in [6.07, 6.45) is 2.59. The van der Waals surface area contributed by atoms with Crippen LogP contribution in [0.1, 0.15) is 45.6 Å². The Morgan fingerprint density at radius 2 is 2.00 bits per heavy atom. The van der Waals surface area contributed by atoms with Crippen LogP contribution in [0.4, 0.5) is 0 Å². The molecule has 0 unspecified atom stereocenters. The molecule has 0 N–H and O–H groups in total. The highest BCUT2D eigenvalue weighted by Crippen LogP contribution is 2.51. The van der Waals surface area contributed by atoms with Crippen LogP contribution in [0.15, 0.2) is 24.3 Å². The van der Waals surface area contributed by atoms with Gasteiger partial charge in [-0.2, -0.15) is 0 Å². The first kappa shape index (κ1) is 12.6. The number of carbonyl (C=O) groups excluding carboxylic acids is 1. The predicted octanol–water partition coefficient (Wildman–Crippen LogP) is 4.38. The molecule has 92 valence electrons. The molecule has 0 aliphatic heterocycles. The van der Waals surface area contributed by atoms with Crippen LogP contribution >= 0.6 is 11.6 Å². The van der Waals surface area contributed by atoms with Crippen molar-refractivity contribution in [2.24, 2.45) is 5.41 Å². The zero-order chi connectivity index (χ0) is 12.7. The fraction of sp³-hybridized carbons (Fsp3) is 0.533. The molecule has 1 fully saturated rings. The molecule has 0 bridgehead atoms. The predicted molar refractivity (Wildman–Crippen MR) is 71.4 cm³/mol. The lowest BCUT2D eigenvalue weighted by Crippen LogP contribution is -2.25. The average Bonchev–Trinajstić information content (AvgIpc) is 2.95. The highest BCUT2D eigenvalue weighted by molar-refractivity contribution is 6.30. The lowest BCUT2D eigenvalue weighted by Gasteiger charge is -2.22. The van der Waals surface area contributed by atoms with Gasteiger partial charge in [0.15, 0.2) is 0 Å². The Morgan fingerprint density at radius 3 is 2.47 bits per heavy atom. The summed E-state index contributed by atoms with van der Waals surface area (Å²) in [6.45, 7) is 6.33. The summed E-state index contributed by atoms with van der Waals surface area (Å²) < 4.78 is 0. The molecule has 1 aliphatic rings. The van der Waals surface area contributed by atoms with Gasteiger partial charge in [-0.15, -0.1) is 0 Å². The van der Waals surface area contributed by atoms with Gasteiger partial charge in [0, 0.05) is 11.4 Å². The van der Waals surface area contributed by atoms with Gasteiger partial charge in [0.05, 0.1) is 5.41 Å². The van der Waals surface area contributed by atoms with Gasteiger partial charge in [0.2, 0.25) is 0 Å². The molecule has 0 aromatic heterocycles. The standard InChI is InChI=1S/C15H19ClO/c1-14(2,3)10-13(17)15(7-8-15)11-5-4-6-12(16)9-11/h4-6,9H,7-8,10H2,1-3H3. The Bertz CT molecular complexity index is 438. The Kier molecular flexibility index (Phi) is 3.07. The van der Waals surface area contributed by atoms with E-state index in [2.05, 4.69) is 20.8 Å². The van der Waals surface area contributed by atoms with Crippen LogP contribution in [0, 0.1) is 5.41 Å². The van der Waals surface area contributed by atoms with E-state index in [1.165, 1.54) is 0 Å². The first-order chi connectivity index (χ1) is 7.83. The van der Waals surface area contributed by atoms with E-state index in [9.17, 15) is 4.79 Å². The van der Waals surface area contributed by atoms with Crippen LogP contribution in [-0.4, -0.2) is 5.78 Å². The summed E-state index contributed by atoms with van der Waals surface area (Å²) in [5.74, 6) is 0.368. The van der Waals surface area contributed by atoms with E-state index in [0.29, 0.717) is 12.2 Å². The van der Waals surface area contributed by atoms with E-state index in [-0.39, 0.29) is 10.8 Å². The van der Waals surface area contributed by atoms with Crippen molar-refractivity contribution in [3.63, 3.8) is 0 Å². The quantitative estimate of drug-likeness (QED) is 0.778. The van der Waals surface area contributed by atoms with Gasteiger partial charge in [-0.1, -0.05) is 44.5 Å². The monoisotopic (exact) mass is 250 g/mol. The van der Waals surface area contributed by atoms with Crippen molar-refractivity contribution in [3.05, 3.63) is 34.9 Å². The van der Waals surface area contributed by atoms with Gasteiger partial charge in [-0.3, -0.25) is 4.79 Å². The second kappa shape index (κ2) is 4.13. The minimum Gasteiger partial charge on any atom is -0.299 e. The summed E-state index contributed by atoms with van der Waals surface area (Å²) in [7, 11) is 0. The van der Waals surface area contributed by atoms with Gasteiger partial charge in [0.1, 0.15) is 5.78 Å². The van der Waals surface area contributed by atoms with Crippen molar-refractivity contribution in [1.29, 1.82) is 0 Å². The molecule has 17 heavy (non-hydrogen) atoms. The molecular formula is C15H19ClO. The van der Waals surface area contributed by atoms with Crippen LogP contribution in [0.3, 0.4) is 0 Å². The summed E-state index contributed by atoms with van der Waals surface area (Å²) >= 11 is 6.01.